The maximum atomic E-state index is 10.9. The lowest BCUT2D eigenvalue weighted by Crippen LogP contribution is -2.37. The average Bonchev–Trinajstić information content (AvgIpc) is 1.97. The van der Waals surface area contributed by atoms with Crippen LogP contribution in [-0.2, 0) is 7.05 Å². The van der Waals surface area contributed by atoms with E-state index >= 15 is 0 Å². The van der Waals surface area contributed by atoms with Crippen LogP contribution in [0.15, 0.2) is 15.7 Å². The Morgan fingerprint density at radius 1 is 1.45 bits per heavy atom. The van der Waals surface area contributed by atoms with Gasteiger partial charge in [0.25, 0.3) is 5.56 Å². The summed E-state index contributed by atoms with van der Waals surface area (Å²) < 4.78 is 1.26. The number of rotatable bonds is 0. The molecule has 60 valence electrons. The lowest BCUT2D eigenvalue weighted by Gasteiger charge is -2.01. The molecule has 0 saturated heterocycles. The topological polar surface area (TPSA) is 64.2 Å². The summed E-state index contributed by atoms with van der Waals surface area (Å²) in [7, 11) is 1.30. The van der Waals surface area contributed by atoms with Gasteiger partial charge in [0.1, 0.15) is 0 Å². The predicted octanol–water partition coefficient (Wildman–Crippen LogP) is -0.907. The van der Waals surface area contributed by atoms with Crippen molar-refractivity contribution in [2.24, 2.45) is 7.05 Å². The molecule has 0 amide bonds. The molecule has 1 aromatic heterocycles. The second-order valence-corrected chi connectivity index (χ2v) is 2.28. The lowest BCUT2D eigenvalue weighted by atomic mass is 10.4. The molecule has 0 aliphatic heterocycles. The van der Waals surface area contributed by atoms with E-state index in [0.717, 1.165) is 4.57 Å². The number of nitrogens with zero attached hydrogens (tertiary/aromatic N) is 2. The van der Waals surface area contributed by atoms with Crippen LogP contribution in [0, 0.1) is 6.92 Å². The maximum Gasteiger partial charge on any atom is 0.363 e. The van der Waals surface area contributed by atoms with Crippen molar-refractivity contribution in [2.45, 2.75) is 6.92 Å². The van der Waals surface area contributed by atoms with Crippen LogP contribution in [-0.4, -0.2) is 14.5 Å². The van der Waals surface area contributed by atoms with E-state index in [1.165, 1.54) is 20.0 Å². The average molecular weight is 156 g/mol. The normalized spacial score (nSPS) is 10.0. The number of aryl methyl sites for hydroxylation is 1. The van der Waals surface area contributed by atoms with Crippen LogP contribution in [0.5, 0.6) is 0 Å². The molecule has 1 rings (SSSR count). The quantitative estimate of drug-likeness (QED) is 0.495. The molecule has 0 unspecified atom stereocenters. The fraction of sp³-hybridized carbons (Fsp3) is 0.333. The largest absolute Gasteiger partial charge is 0.424 e. The van der Waals surface area contributed by atoms with E-state index in [9.17, 15) is 9.59 Å². The summed E-state index contributed by atoms with van der Waals surface area (Å²) in [4.78, 5) is 21.7. The smallest absolute Gasteiger partial charge is 0.363 e. The van der Waals surface area contributed by atoms with Crippen molar-refractivity contribution in [1.29, 1.82) is 0 Å². The SMILES string of the molecule is Cc1cc(=O)n(C)c(=O)n1O. The Morgan fingerprint density at radius 3 is 2.55 bits per heavy atom. The van der Waals surface area contributed by atoms with Gasteiger partial charge in [0.05, 0.1) is 5.69 Å². The third kappa shape index (κ3) is 1.04. The van der Waals surface area contributed by atoms with Gasteiger partial charge in [-0.25, -0.2) is 4.79 Å². The van der Waals surface area contributed by atoms with E-state index in [1.54, 1.807) is 0 Å². The first-order chi connectivity index (χ1) is 5.04. The maximum absolute atomic E-state index is 10.9. The van der Waals surface area contributed by atoms with Crippen molar-refractivity contribution in [3.63, 3.8) is 0 Å². The Balaban J connectivity index is 3.74. The van der Waals surface area contributed by atoms with Gasteiger partial charge in [-0.2, -0.15) is 0 Å². The van der Waals surface area contributed by atoms with Crippen molar-refractivity contribution in [3.05, 3.63) is 32.6 Å². The summed E-state index contributed by atoms with van der Waals surface area (Å²) in [6.07, 6.45) is 0. The van der Waals surface area contributed by atoms with Crippen molar-refractivity contribution in [3.8, 4) is 0 Å². The molecule has 0 bridgehead atoms. The van der Waals surface area contributed by atoms with Gasteiger partial charge < -0.3 is 5.21 Å². The minimum Gasteiger partial charge on any atom is -0.424 e. The molecule has 5 heteroatoms. The van der Waals surface area contributed by atoms with Crippen LogP contribution in [0.4, 0.5) is 0 Å². The molecule has 0 aromatic carbocycles. The van der Waals surface area contributed by atoms with Crippen LogP contribution in [0.1, 0.15) is 5.69 Å². The molecule has 1 heterocycles. The highest BCUT2D eigenvalue weighted by Crippen LogP contribution is 1.82. The molecule has 5 nitrogen and oxygen atoms in total. The van der Waals surface area contributed by atoms with Crippen LogP contribution in [0.2, 0.25) is 0 Å². The minimum absolute atomic E-state index is 0.234. The molecule has 0 radical (unpaired) electrons. The minimum atomic E-state index is -0.727. The van der Waals surface area contributed by atoms with Crippen LogP contribution in [0.25, 0.3) is 0 Å². The van der Waals surface area contributed by atoms with Gasteiger partial charge in [-0.15, -0.1) is 4.73 Å². The molecule has 1 N–H and O–H groups in total. The van der Waals surface area contributed by atoms with E-state index in [1.807, 2.05) is 0 Å². The first-order valence-electron chi connectivity index (χ1n) is 3.03. The van der Waals surface area contributed by atoms with Crippen molar-refractivity contribution >= 4 is 0 Å². The Morgan fingerprint density at radius 2 is 2.00 bits per heavy atom. The molecule has 0 aliphatic rings. The molecule has 0 spiro atoms. The van der Waals surface area contributed by atoms with Gasteiger partial charge >= 0.3 is 5.69 Å². The van der Waals surface area contributed by atoms with Gasteiger partial charge in [-0.05, 0) is 6.92 Å². The zero-order valence-electron chi connectivity index (χ0n) is 6.24. The highest BCUT2D eigenvalue weighted by Gasteiger charge is 2.02. The van der Waals surface area contributed by atoms with Crippen LogP contribution in [0.3, 0.4) is 0 Å². The van der Waals surface area contributed by atoms with Crippen LogP contribution < -0.4 is 11.2 Å². The molecule has 0 saturated carbocycles. The zero-order valence-corrected chi connectivity index (χ0v) is 6.24. The second kappa shape index (κ2) is 2.26. The van der Waals surface area contributed by atoms with E-state index in [-0.39, 0.29) is 5.69 Å². The van der Waals surface area contributed by atoms with Gasteiger partial charge in [-0.1, -0.05) is 0 Å². The van der Waals surface area contributed by atoms with E-state index in [4.69, 9.17) is 5.21 Å². The Kier molecular flexibility index (Phi) is 1.56. The molecule has 0 atom stereocenters. The third-order valence-electron chi connectivity index (χ3n) is 1.47. The number of hydrogen-bond donors (Lipinski definition) is 1. The first-order valence-corrected chi connectivity index (χ1v) is 3.03. The molecular formula is C6H8N2O3. The Bertz CT molecular complexity index is 388. The van der Waals surface area contributed by atoms with Gasteiger partial charge in [0.2, 0.25) is 0 Å². The molecular weight excluding hydrogens is 148 g/mol. The second-order valence-electron chi connectivity index (χ2n) is 2.28. The summed E-state index contributed by atoms with van der Waals surface area (Å²) in [5, 5.41) is 8.96. The summed E-state index contributed by atoms with van der Waals surface area (Å²) in [5.41, 5.74) is -0.911. The van der Waals surface area contributed by atoms with Crippen molar-refractivity contribution < 1.29 is 5.21 Å². The van der Waals surface area contributed by atoms with Crippen molar-refractivity contribution in [1.82, 2.24) is 9.30 Å². The van der Waals surface area contributed by atoms with E-state index < -0.39 is 11.2 Å². The number of aromatic nitrogens is 2. The fourth-order valence-corrected chi connectivity index (χ4v) is 0.724. The summed E-state index contributed by atoms with van der Waals surface area (Å²) in [6.45, 7) is 1.48. The lowest BCUT2D eigenvalue weighted by molar-refractivity contribution is 0.158. The molecule has 11 heavy (non-hydrogen) atoms. The predicted molar refractivity (Wildman–Crippen MR) is 37.9 cm³/mol. The van der Waals surface area contributed by atoms with Crippen molar-refractivity contribution in [2.75, 3.05) is 0 Å². The van der Waals surface area contributed by atoms with Crippen LogP contribution >= 0.6 is 0 Å². The standard InChI is InChI=1S/C6H8N2O3/c1-4-3-5(9)7(2)6(10)8(4)11/h3,11H,1-2H3. The summed E-state index contributed by atoms with van der Waals surface area (Å²) in [5.74, 6) is 0. The number of hydrogen-bond acceptors (Lipinski definition) is 3. The monoisotopic (exact) mass is 156 g/mol. The van der Waals surface area contributed by atoms with E-state index in [0.29, 0.717) is 4.73 Å². The van der Waals surface area contributed by atoms with Gasteiger partial charge in [-0.3, -0.25) is 9.36 Å². The molecule has 0 fully saturated rings. The van der Waals surface area contributed by atoms with Gasteiger partial charge in [0, 0.05) is 13.1 Å². The summed E-state index contributed by atoms with van der Waals surface area (Å²) in [6, 6.07) is 1.18. The third-order valence-corrected chi connectivity index (χ3v) is 1.47. The Labute approximate surface area is 62.1 Å². The summed E-state index contributed by atoms with van der Waals surface area (Å²) >= 11 is 0. The molecule has 1 aromatic rings. The highest BCUT2D eigenvalue weighted by atomic mass is 16.5. The van der Waals surface area contributed by atoms with Gasteiger partial charge in [0.15, 0.2) is 0 Å². The highest BCUT2D eigenvalue weighted by molar-refractivity contribution is 4.97. The molecule has 0 aliphatic carbocycles. The zero-order chi connectivity index (χ0) is 8.59. The van der Waals surface area contributed by atoms with E-state index in [2.05, 4.69) is 0 Å². The Hall–Kier alpha value is -1.52. The fourth-order valence-electron chi connectivity index (χ4n) is 0.724. The first kappa shape index (κ1) is 7.59.